The Labute approximate surface area is 89.5 Å². The first-order valence-corrected chi connectivity index (χ1v) is 4.89. The van der Waals surface area contributed by atoms with Gasteiger partial charge in [0.05, 0.1) is 5.69 Å². The van der Waals surface area contributed by atoms with E-state index >= 15 is 0 Å². The van der Waals surface area contributed by atoms with Gasteiger partial charge in [0.2, 0.25) is 0 Å². The lowest BCUT2D eigenvalue weighted by Gasteiger charge is -2.03. The second-order valence-electron chi connectivity index (χ2n) is 3.06. The molecule has 1 radical (unpaired) electrons. The van der Waals surface area contributed by atoms with Crippen molar-refractivity contribution in [2.24, 2.45) is 0 Å². The molecular weight excluding hydrogens is 244 g/mol. The monoisotopic (exact) mass is 251 g/mol. The van der Waals surface area contributed by atoms with Gasteiger partial charge in [-0.2, -0.15) is 0 Å². The highest BCUT2D eigenvalue weighted by atomic mass is 79.9. The van der Waals surface area contributed by atoms with Crippen molar-refractivity contribution in [1.29, 1.82) is 0 Å². The van der Waals surface area contributed by atoms with Crippen LogP contribution < -0.4 is 5.56 Å². The zero-order valence-electron chi connectivity index (χ0n) is 7.62. The lowest BCUT2D eigenvalue weighted by Crippen LogP contribution is -2.18. The number of nitrogens with zero attached hydrogens (tertiary/aromatic N) is 2. The van der Waals surface area contributed by atoms with E-state index in [9.17, 15) is 4.79 Å². The minimum absolute atomic E-state index is 0.0625. The van der Waals surface area contributed by atoms with Gasteiger partial charge in [-0.15, -0.1) is 0 Å². The zero-order chi connectivity index (χ0) is 10.3. The normalized spacial score (nSPS) is 10.8. The third-order valence-electron chi connectivity index (χ3n) is 2.12. The topological polar surface area (TPSA) is 34.4 Å². The molecule has 2 aromatic heterocycles. The number of pyridine rings is 1. The molecule has 0 atom stereocenters. The number of fused-ring (bicyclic) bond motifs is 1. The van der Waals surface area contributed by atoms with Crippen molar-refractivity contribution in [3.63, 3.8) is 0 Å². The smallest absolute Gasteiger partial charge is 0.261 e. The second-order valence-corrected chi connectivity index (χ2v) is 3.98. The molecule has 0 aliphatic carbocycles. The average molecular weight is 252 g/mol. The molecule has 2 aromatic rings. The number of hydrogen-bond donors (Lipinski definition) is 0. The standard InChI is InChI=1S/C10H8BrN2O/c1-6-7(2)12-9-5-8(11)3-4-13(9)10(6)14/h3-5H,2H2,1H3. The molecule has 0 N–H and O–H groups in total. The molecule has 0 unspecified atom stereocenters. The minimum Gasteiger partial charge on any atom is -0.269 e. The Morgan fingerprint density at radius 1 is 1.57 bits per heavy atom. The van der Waals surface area contributed by atoms with E-state index < -0.39 is 0 Å². The first-order chi connectivity index (χ1) is 6.59. The lowest BCUT2D eigenvalue weighted by atomic mass is 10.2. The van der Waals surface area contributed by atoms with Gasteiger partial charge in [0.25, 0.3) is 5.56 Å². The Morgan fingerprint density at radius 2 is 2.29 bits per heavy atom. The van der Waals surface area contributed by atoms with Crippen molar-refractivity contribution >= 4 is 21.6 Å². The summed E-state index contributed by atoms with van der Waals surface area (Å²) in [6, 6.07) is 3.59. The zero-order valence-corrected chi connectivity index (χ0v) is 9.21. The van der Waals surface area contributed by atoms with Crippen LogP contribution in [0.1, 0.15) is 11.3 Å². The van der Waals surface area contributed by atoms with Crippen molar-refractivity contribution < 1.29 is 0 Å². The number of rotatable bonds is 0. The first kappa shape index (κ1) is 9.40. The van der Waals surface area contributed by atoms with Crippen LogP contribution in [0.3, 0.4) is 0 Å². The van der Waals surface area contributed by atoms with Gasteiger partial charge >= 0.3 is 0 Å². The molecule has 0 fully saturated rings. The Bertz CT molecular complexity index is 560. The molecule has 0 aromatic carbocycles. The van der Waals surface area contributed by atoms with Crippen molar-refractivity contribution in [2.75, 3.05) is 0 Å². The van der Waals surface area contributed by atoms with Gasteiger partial charge in [-0.25, -0.2) is 4.98 Å². The highest BCUT2D eigenvalue weighted by molar-refractivity contribution is 9.10. The summed E-state index contributed by atoms with van der Waals surface area (Å²) in [6.45, 7) is 5.45. The Morgan fingerprint density at radius 3 is 3.00 bits per heavy atom. The summed E-state index contributed by atoms with van der Waals surface area (Å²) in [5.74, 6) is 0. The van der Waals surface area contributed by atoms with Gasteiger partial charge < -0.3 is 0 Å². The SMILES string of the molecule is [CH2]c1nc2cc(Br)ccn2c(=O)c1C. The molecule has 4 heteroatoms. The fourth-order valence-corrected chi connectivity index (χ4v) is 1.57. The molecule has 0 bridgehead atoms. The molecule has 0 aliphatic heterocycles. The fourth-order valence-electron chi connectivity index (χ4n) is 1.25. The van der Waals surface area contributed by atoms with E-state index in [-0.39, 0.29) is 5.56 Å². The van der Waals surface area contributed by atoms with E-state index in [0.717, 1.165) is 4.47 Å². The van der Waals surface area contributed by atoms with Crippen LogP contribution in [0, 0.1) is 13.8 Å². The fraction of sp³-hybridized carbons (Fsp3) is 0.100. The first-order valence-electron chi connectivity index (χ1n) is 4.10. The summed E-state index contributed by atoms with van der Waals surface area (Å²) in [7, 11) is 0. The van der Waals surface area contributed by atoms with E-state index in [0.29, 0.717) is 16.9 Å². The molecule has 0 aliphatic rings. The van der Waals surface area contributed by atoms with Gasteiger partial charge in [0.15, 0.2) is 0 Å². The van der Waals surface area contributed by atoms with Crippen molar-refractivity contribution in [3.8, 4) is 0 Å². The number of hydrogen-bond acceptors (Lipinski definition) is 2. The molecule has 3 nitrogen and oxygen atoms in total. The molecule has 0 amide bonds. The lowest BCUT2D eigenvalue weighted by molar-refractivity contribution is 0.998. The van der Waals surface area contributed by atoms with E-state index in [4.69, 9.17) is 0 Å². The average Bonchev–Trinajstić information content (AvgIpc) is 2.14. The summed E-state index contributed by atoms with van der Waals surface area (Å²) >= 11 is 3.32. The molecule has 2 heterocycles. The molecule has 0 saturated heterocycles. The predicted molar refractivity (Wildman–Crippen MR) is 58.4 cm³/mol. The molecule has 0 spiro atoms. The van der Waals surface area contributed by atoms with E-state index in [1.54, 1.807) is 25.3 Å². The van der Waals surface area contributed by atoms with Crippen LogP contribution >= 0.6 is 15.9 Å². The Kier molecular flexibility index (Phi) is 2.15. The van der Waals surface area contributed by atoms with Crippen LogP contribution in [-0.2, 0) is 0 Å². The third kappa shape index (κ3) is 1.35. The number of halogens is 1. The van der Waals surface area contributed by atoms with Crippen LogP contribution in [-0.4, -0.2) is 9.38 Å². The Balaban J connectivity index is 2.98. The van der Waals surface area contributed by atoms with Gasteiger partial charge in [0.1, 0.15) is 5.65 Å². The highest BCUT2D eigenvalue weighted by Crippen LogP contribution is 2.11. The summed E-state index contributed by atoms with van der Waals surface area (Å²) in [6.07, 6.45) is 1.70. The predicted octanol–water partition coefficient (Wildman–Crippen LogP) is 1.95. The maximum absolute atomic E-state index is 11.7. The molecule has 14 heavy (non-hydrogen) atoms. The van der Waals surface area contributed by atoms with Crippen molar-refractivity contribution in [2.45, 2.75) is 6.92 Å². The van der Waals surface area contributed by atoms with Crippen LogP contribution in [0.4, 0.5) is 0 Å². The molecule has 0 saturated carbocycles. The Hall–Kier alpha value is -1.16. The van der Waals surface area contributed by atoms with E-state index in [1.165, 1.54) is 4.40 Å². The van der Waals surface area contributed by atoms with Crippen molar-refractivity contribution in [1.82, 2.24) is 9.38 Å². The summed E-state index contributed by atoms with van der Waals surface area (Å²) < 4.78 is 2.40. The number of aromatic nitrogens is 2. The largest absolute Gasteiger partial charge is 0.269 e. The van der Waals surface area contributed by atoms with Crippen LogP contribution in [0.25, 0.3) is 5.65 Å². The van der Waals surface area contributed by atoms with Crippen molar-refractivity contribution in [3.05, 3.63) is 51.3 Å². The second kappa shape index (κ2) is 3.20. The summed E-state index contributed by atoms with van der Waals surface area (Å²) in [4.78, 5) is 15.9. The molecule has 2 rings (SSSR count). The van der Waals surface area contributed by atoms with Gasteiger partial charge in [-0.3, -0.25) is 9.20 Å². The molecule has 71 valence electrons. The van der Waals surface area contributed by atoms with Gasteiger partial charge in [-0.05, 0) is 26.0 Å². The summed E-state index contributed by atoms with van der Waals surface area (Å²) in [5.41, 5.74) is 1.67. The van der Waals surface area contributed by atoms with E-state index in [1.807, 2.05) is 0 Å². The van der Waals surface area contributed by atoms with Crippen LogP contribution in [0.2, 0.25) is 0 Å². The third-order valence-corrected chi connectivity index (χ3v) is 2.61. The van der Waals surface area contributed by atoms with Crippen LogP contribution in [0.5, 0.6) is 0 Å². The van der Waals surface area contributed by atoms with Gasteiger partial charge in [-0.1, -0.05) is 15.9 Å². The highest BCUT2D eigenvalue weighted by Gasteiger charge is 2.04. The summed E-state index contributed by atoms with van der Waals surface area (Å²) in [5, 5.41) is 0. The quantitative estimate of drug-likeness (QED) is 0.718. The maximum Gasteiger partial charge on any atom is 0.261 e. The van der Waals surface area contributed by atoms with E-state index in [2.05, 4.69) is 27.8 Å². The van der Waals surface area contributed by atoms with Crippen LogP contribution in [0.15, 0.2) is 27.6 Å². The van der Waals surface area contributed by atoms with Gasteiger partial charge in [0, 0.05) is 16.2 Å². The maximum atomic E-state index is 11.7. The minimum atomic E-state index is -0.0625. The molecular formula is C10H8BrN2O.